The molecule has 6 nitrogen and oxygen atoms in total. The zero-order valence-corrected chi connectivity index (χ0v) is 18.8. The van der Waals surface area contributed by atoms with Crippen molar-refractivity contribution in [3.05, 3.63) is 44.0 Å². The second-order valence-corrected chi connectivity index (χ2v) is 9.94. The van der Waals surface area contributed by atoms with Gasteiger partial charge in [-0.15, -0.1) is 11.3 Å². The summed E-state index contributed by atoms with van der Waals surface area (Å²) in [5.41, 5.74) is 3.69. The van der Waals surface area contributed by atoms with Gasteiger partial charge in [0.1, 0.15) is 5.54 Å². The molecule has 0 atom stereocenters. The summed E-state index contributed by atoms with van der Waals surface area (Å²) in [5, 5.41) is 8.19. The fourth-order valence-corrected chi connectivity index (χ4v) is 4.39. The van der Waals surface area contributed by atoms with E-state index in [-0.39, 0.29) is 11.8 Å². The Morgan fingerprint density at radius 3 is 2.64 bits per heavy atom. The number of benzene rings is 1. The average Bonchev–Trinajstić information content (AvgIpc) is 3.09. The van der Waals surface area contributed by atoms with Crippen LogP contribution in [0.4, 0.5) is 11.4 Å². The molecule has 1 fully saturated rings. The Balaban J connectivity index is 1.65. The van der Waals surface area contributed by atoms with Crippen LogP contribution in [-0.2, 0) is 4.79 Å². The zero-order chi connectivity index (χ0) is 20.3. The molecule has 1 aromatic heterocycles. The van der Waals surface area contributed by atoms with Gasteiger partial charge >= 0.3 is 0 Å². The fraction of sp³-hybridized carbons (Fsp3) is 0.368. The van der Waals surface area contributed by atoms with E-state index in [9.17, 15) is 9.59 Å². The number of nitrogens with zero attached hydrogens (tertiary/aromatic N) is 1. The van der Waals surface area contributed by atoms with E-state index in [0.717, 1.165) is 35.4 Å². The Bertz CT molecular complexity index is 881. The van der Waals surface area contributed by atoms with Crippen LogP contribution in [0.1, 0.15) is 36.4 Å². The molecule has 150 valence electrons. The van der Waals surface area contributed by atoms with Crippen LogP contribution in [-0.4, -0.2) is 30.4 Å². The third kappa shape index (κ3) is 5.05. The van der Waals surface area contributed by atoms with Gasteiger partial charge in [-0.05, 0) is 73.0 Å². The molecule has 2 amide bonds. The molecule has 9 heteroatoms. The lowest BCUT2D eigenvalue weighted by atomic mass is 10.0. The number of nitrogens with one attached hydrogen (secondary N) is 3. The first kappa shape index (κ1) is 21.1. The molecular weight excluding hydrogens is 464 g/mol. The maximum atomic E-state index is 12.7. The van der Waals surface area contributed by atoms with Gasteiger partial charge in [-0.1, -0.05) is 11.6 Å². The molecule has 0 saturated carbocycles. The lowest BCUT2D eigenvalue weighted by Crippen LogP contribution is -2.52. The van der Waals surface area contributed by atoms with Crippen molar-refractivity contribution < 1.29 is 9.59 Å². The summed E-state index contributed by atoms with van der Waals surface area (Å²) in [6, 6.07) is 8.92. The van der Waals surface area contributed by atoms with Crippen molar-refractivity contribution >= 4 is 62.1 Å². The molecule has 0 radical (unpaired) electrons. The van der Waals surface area contributed by atoms with E-state index in [1.54, 1.807) is 32.0 Å². The average molecular weight is 486 g/mol. The van der Waals surface area contributed by atoms with Gasteiger partial charge in [0.25, 0.3) is 5.91 Å². The predicted molar refractivity (Wildman–Crippen MR) is 118 cm³/mol. The van der Waals surface area contributed by atoms with Crippen molar-refractivity contribution in [1.29, 1.82) is 0 Å². The molecule has 1 aromatic carbocycles. The molecular formula is C19H22BrClN4O2S. The summed E-state index contributed by atoms with van der Waals surface area (Å²) in [7, 11) is 0. The number of hydrogen-bond acceptors (Lipinski definition) is 5. The van der Waals surface area contributed by atoms with Gasteiger partial charge in [-0.3, -0.25) is 9.59 Å². The zero-order valence-electron chi connectivity index (χ0n) is 15.6. The highest BCUT2D eigenvalue weighted by Gasteiger charge is 2.30. The number of thiophene rings is 1. The van der Waals surface area contributed by atoms with Crippen LogP contribution in [0.2, 0.25) is 5.02 Å². The van der Waals surface area contributed by atoms with Gasteiger partial charge in [0.2, 0.25) is 5.91 Å². The molecule has 1 aliphatic rings. The third-order valence-corrected chi connectivity index (χ3v) is 6.32. The van der Waals surface area contributed by atoms with Crippen LogP contribution >= 0.6 is 38.9 Å². The standard InChI is InChI=1S/C19H22BrClN4O2S/c1-19(2,24-17(26)15-7-8-16(20)28-15)18(27)23-12-5-6-14(13(21)11-12)25-10-4-3-9-22-25/h5-8,11,22H,3-4,9-10H2,1-2H3,(H,23,27)(H,24,26). The highest BCUT2D eigenvalue weighted by atomic mass is 79.9. The van der Waals surface area contributed by atoms with Gasteiger partial charge < -0.3 is 15.6 Å². The Labute approximate surface area is 181 Å². The Morgan fingerprint density at radius 2 is 2.04 bits per heavy atom. The number of carbonyl (C=O) groups is 2. The van der Waals surface area contributed by atoms with E-state index in [1.165, 1.54) is 11.3 Å². The summed E-state index contributed by atoms with van der Waals surface area (Å²) in [4.78, 5) is 25.6. The first-order chi connectivity index (χ1) is 13.3. The smallest absolute Gasteiger partial charge is 0.262 e. The van der Waals surface area contributed by atoms with E-state index in [4.69, 9.17) is 11.6 Å². The van der Waals surface area contributed by atoms with Gasteiger partial charge in [-0.2, -0.15) is 0 Å². The lowest BCUT2D eigenvalue weighted by Gasteiger charge is -2.30. The lowest BCUT2D eigenvalue weighted by molar-refractivity contribution is -0.120. The van der Waals surface area contributed by atoms with Crippen LogP contribution in [0.5, 0.6) is 0 Å². The van der Waals surface area contributed by atoms with Crippen LogP contribution in [0.15, 0.2) is 34.1 Å². The Hall–Kier alpha value is -1.61. The number of amides is 2. The highest BCUT2D eigenvalue weighted by Crippen LogP contribution is 2.29. The SMILES string of the molecule is CC(C)(NC(=O)c1ccc(Br)s1)C(=O)Nc1ccc(N2CCCCN2)c(Cl)c1. The molecule has 2 heterocycles. The highest BCUT2D eigenvalue weighted by molar-refractivity contribution is 9.11. The van der Waals surface area contributed by atoms with Crippen LogP contribution < -0.4 is 21.1 Å². The number of carbonyl (C=O) groups excluding carboxylic acids is 2. The summed E-state index contributed by atoms with van der Waals surface area (Å²) < 4.78 is 0.859. The van der Waals surface area contributed by atoms with E-state index in [0.29, 0.717) is 15.6 Å². The van der Waals surface area contributed by atoms with Gasteiger partial charge in [0.15, 0.2) is 0 Å². The van der Waals surface area contributed by atoms with Crippen molar-refractivity contribution in [2.45, 2.75) is 32.2 Å². The van der Waals surface area contributed by atoms with Gasteiger partial charge in [0.05, 0.1) is 19.4 Å². The van der Waals surface area contributed by atoms with Crippen molar-refractivity contribution in [3.8, 4) is 0 Å². The molecule has 0 spiro atoms. The maximum absolute atomic E-state index is 12.7. The molecule has 0 bridgehead atoms. The van der Waals surface area contributed by atoms with Crippen LogP contribution in [0.3, 0.4) is 0 Å². The number of hydrazine groups is 1. The molecule has 0 unspecified atom stereocenters. The van der Waals surface area contributed by atoms with Crippen LogP contribution in [0, 0.1) is 0 Å². The minimum absolute atomic E-state index is 0.291. The molecule has 0 aliphatic carbocycles. The summed E-state index contributed by atoms with van der Waals surface area (Å²) >= 11 is 11.1. The number of halogens is 2. The first-order valence-electron chi connectivity index (χ1n) is 8.96. The molecule has 3 rings (SSSR count). The van der Waals surface area contributed by atoms with Crippen molar-refractivity contribution in [2.24, 2.45) is 0 Å². The number of anilines is 2. The number of rotatable bonds is 5. The molecule has 2 aromatic rings. The fourth-order valence-electron chi connectivity index (χ4n) is 2.82. The predicted octanol–water partition coefficient (Wildman–Crippen LogP) is 4.42. The third-order valence-electron chi connectivity index (χ3n) is 4.40. The topological polar surface area (TPSA) is 73.5 Å². The normalized spacial score (nSPS) is 14.6. The molecule has 1 aliphatic heterocycles. The monoisotopic (exact) mass is 484 g/mol. The molecule has 3 N–H and O–H groups in total. The van der Waals surface area contributed by atoms with E-state index < -0.39 is 5.54 Å². The summed E-state index contributed by atoms with van der Waals surface area (Å²) in [5.74, 6) is -0.614. The van der Waals surface area contributed by atoms with Crippen molar-refractivity contribution in [1.82, 2.24) is 10.7 Å². The van der Waals surface area contributed by atoms with Crippen molar-refractivity contribution in [3.63, 3.8) is 0 Å². The van der Waals surface area contributed by atoms with Gasteiger partial charge in [-0.25, -0.2) is 5.43 Å². The number of hydrogen-bond donors (Lipinski definition) is 3. The van der Waals surface area contributed by atoms with E-state index in [1.807, 2.05) is 17.1 Å². The second kappa shape index (κ2) is 8.82. The maximum Gasteiger partial charge on any atom is 0.262 e. The Morgan fingerprint density at radius 1 is 1.25 bits per heavy atom. The Kier molecular flexibility index (Phi) is 6.65. The quantitative estimate of drug-likeness (QED) is 0.586. The molecule has 1 saturated heterocycles. The molecule has 28 heavy (non-hydrogen) atoms. The minimum atomic E-state index is -1.09. The van der Waals surface area contributed by atoms with E-state index >= 15 is 0 Å². The largest absolute Gasteiger partial charge is 0.337 e. The van der Waals surface area contributed by atoms with Crippen LogP contribution in [0.25, 0.3) is 0 Å². The van der Waals surface area contributed by atoms with Crippen molar-refractivity contribution in [2.75, 3.05) is 23.4 Å². The van der Waals surface area contributed by atoms with Gasteiger partial charge in [0, 0.05) is 18.8 Å². The first-order valence-corrected chi connectivity index (χ1v) is 10.9. The minimum Gasteiger partial charge on any atom is -0.337 e. The summed E-state index contributed by atoms with van der Waals surface area (Å²) in [6.45, 7) is 5.14. The second-order valence-electron chi connectivity index (χ2n) is 7.07. The van der Waals surface area contributed by atoms with E-state index in [2.05, 4.69) is 32.0 Å². The summed E-state index contributed by atoms with van der Waals surface area (Å²) in [6.07, 6.45) is 2.25.